The van der Waals surface area contributed by atoms with Crippen molar-refractivity contribution in [3.05, 3.63) is 82.9 Å². The van der Waals surface area contributed by atoms with E-state index >= 15 is 0 Å². The van der Waals surface area contributed by atoms with Gasteiger partial charge >= 0.3 is 0 Å². The van der Waals surface area contributed by atoms with Crippen LogP contribution in [0.5, 0.6) is 0 Å². The minimum absolute atomic E-state index is 0.105. The Morgan fingerprint density at radius 3 is 2.41 bits per heavy atom. The van der Waals surface area contributed by atoms with Crippen LogP contribution >= 0.6 is 0 Å². The van der Waals surface area contributed by atoms with Crippen molar-refractivity contribution in [2.75, 3.05) is 5.32 Å². The van der Waals surface area contributed by atoms with Gasteiger partial charge in [0.1, 0.15) is 5.82 Å². The predicted octanol–water partition coefficient (Wildman–Crippen LogP) is 5.41. The molecule has 4 nitrogen and oxygen atoms in total. The van der Waals surface area contributed by atoms with E-state index in [0.717, 1.165) is 44.8 Å². The molecule has 0 bridgehead atoms. The van der Waals surface area contributed by atoms with E-state index in [1.807, 2.05) is 75.4 Å². The Kier molecular flexibility index (Phi) is 4.24. The molecular formula is C23H21N3O. The van der Waals surface area contributed by atoms with Crippen molar-refractivity contribution in [2.45, 2.75) is 20.8 Å². The number of benzene rings is 3. The van der Waals surface area contributed by atoms with Crippen LogP contribution in [0.15, 0.2) is 60.7 Å². The van der Waals surface area contributed by atoms with Gasteiger partial charge in [0.25, 0.3) is 5.91 Å². The fourth-order valence-electron chi connectivity index (χ4n) is 3.29. The van der Waals surface area contributed by atoms with Gasteiger partial charge in [-0.25, -0.2) is 4.98 Å². The van der Waals surface area contributed by atoms with E-state index in [-0.39, 0.29) is 5.91 Å². The average molecular weight is 355 g/mol. The van der Waals surface area contributed by atoms with Crippen LogP contribution in [0.3, 0.4) is 0 Å². The van der Waals surface area contributed by atoms with E-state index in [1.54, 1.807) is 0 Å². The van der Waals surface area contributed by atoms with E-state index in [2.05, 4.69) is 21.4 Å². The molecule has 4 rings (SSSR count). The standard InChI is InChI=1S/C23H21N3O/c1-14-10-15(2)12-18(11-14)23(27)26-21-13-17(9-8-16(21)3)22-24-19-6-4-5-7-20(19)25-22/h4-13H,1-3H3,(H,24,25)(H,26,27). The molecule has 3 aromatic carbocycles. The third kappa shape index (κ3) is 3.47. The van der Waals surface area contributed by atoms with E-state index in [0.29, 0.717) is 5.56 Å². The number of carbonyl (C=O) groups excluding carboxylic acids is 1. The number of aryl methyl sites for hydroxylation is 3. The lowest BCUT2D eigenvalue weighted by atomic mass is 10.1. The van der Waals surface area contributed by atoms with Crippen LogP contribution in [0.1, 0.15) is 27.0 Å². The molecule has 0 saturated carbocycles. The molecule has 0 aliphatic rings. The number of H-pyrrole nitrogens is 1. The van der Waals surface area contributed by atoms with Crippen LogP contribution in [0.2, 0.25) is 0 Å². The molecule has 4 aromatic rings. The van der Waals surface area contributed by atoms with Crippen molar-refractivity contribution in [2.24, 2.45) is 0 Å². The molecule has 1 aromatic heterocycles. The normalized spacial score (nSPS) is 10.9. The number of nitrogens with one attached hydrogen (secondary N) is 2. The van der Waals surface area contributed by atoms with Gasteiger partial charge in [-0.15, -0.1) is 0 Å². The molecule has 134 valence electrons. The van der Waals surface area contributed by atoms with Gasteiger partial charge in [0.05, 0.1) is 11.0 Å². The number of hydrogen-bond donors (Lipinski definition) is 2. The van der Waals surface area contributed by atoms with E-state index in [1.165, 1.54) is 0 Å². The van der Waals surface area contributed by atoms with Crippen LogP contribution in [0.25, 0.3) is 22.4 Å². The Hall–Kier alpha value is -3.40. The van der Waals surface area contributed by atoms with Crippen molar-refractivity contribution in [3.63, 3.8) is 0 Å². The zero-order valence-corrected chi connectivity index (χ0v) is 15.6. The summed E-state index contributed by atoms with van der Waals surface area (Å²) in [5, 5.41) is 3.04. The summed E-state index contributed by atoms with van der Waals surface area (Å²) in [4.78, 5) is 20.7. The summed E-state index contributed by atoms with van der Waals surface area (Å²) in [6.07, 6.45) is 0. The second kappa shape index (κ2) is 6.72. The fourth-order valence-corrected chi connectivity index (χ4v) is 3.29. The second-order valence-corrected chi connectivity index (χ2v) is 6.96. The first-order chi connectivity index (χ1) is 13.0. The van der Waals surface area contributed by atoms with Crippen LogP contribution in [0, 0.1) is 20.8 Å². The van der Waals surface area contributed by atoms with Gasteiger partial charge in [-0.05, 0) is 56.7 Å². The van der Waals surface area contributed by atoms with Gasteiger partial charge in [0.2, 0.25) is 0 Å². The Labute approximate surface area is 158 Å². The summed E-state index contributed by atoms with van der Waals surface area (Å²) in [6.45, 7) is 5.98. The lowest BCUT2D eigenvalue weighted by Crippen LogP contribution is -2.13. The molecule has 1 heterocycles. The number of imidazole rings is 1. The fraction of sp³-hybridized carbons (Fsp3) is 0.130. The largest absolute Gasteiger partial charge is 0.338 e. The van der Waals surface area contributed by atoms with Gasteiger partial charge < -0.3 is 10.3 Å². The third-order valence-corrected chi connectivity index (χ3v) is 4.63. The Balaban J connectivity index is 1.67. The second-order valence-electron chi connectivity index (χ2n) is 6.96. The van der Waals surface area contributed by atoms with Crippen molar-refractivity contribution < 1.29 is 4.79 Å². The molecular weight excluding hydrogens is 334 g/mol. The van der Waals surface area contributed by atoms with Gasteiger partial charge in [-0.2, -0.15) is 0 Å². The third-order valence-electron chi connectivity index (χ3n) is 4.63. The highest BCUT2D eigenvalue weighted by atomic mass is 16.1. The molecule has 0 saturated heterocycles. The zero-order valence-electron chi connectivity index (χ0n) is 15.6. The number of amides is 1. The smallest absolute Gasteiger partial charge is 0.255 e. The average Bonchev–Trinajstić information content (AvgIpc) is 3.07. The maximum atomic E-state index is 12.7. The van der Waals surface area contributed by atoms with Gasteiger partial charge in [0, 0.05) is 16.8 Å². The number of nitrogens with zero attached hydrogens (tertiary/aromatic N) is 1. The molecule has 0 atom stereocenters. The maximum absolute atomic E-state index is 12.7. The molecule has 1 amide bonds. The number of aromatic amines is 1. The van der Waals surface area contributed by atoms with Gasteiger partial charge in [-0.1, -0.05) is 41.5 Å². The molecule has 0 spiro atoms. The Morgan fingerprint density at radius 1 is 0.926 bits per heavy atom. The minimum atomic E-state index is -0.105. The van der Waals surface area contributed by atoms with Crippen molar-refractivity contribution >= 4 is 22.6 Å². The maximum Gasteiger partial charge on any atom is 0.255 e. The quantitative estimate of drug-likeness (QED) is 0.516. The molecule has 4 heteroatoms. The van der Waals surface area contributed by atoms with E-state index in [4.69, 9.17) is 0 Å². The molecule has 2 N–H and O–H groups in total. The first-order valence-corrected chi connectivity index (χ1v) is 8.95. The Morgan fingerprint density at radius 2 is 1.67 bits per heavy atom. The van der Waals surface area contributed by atoms with E-state index < -0.39 is 0 Å². The van der Waals surface area contributed by atoms with Crippen molar-refractivity contribution in [1.29, 1.82) is 0 Å². The highest BCUT2D eigenvalue weighted by Gasteiger charge is 2.11. The number of rotatable bonds is 3. The molecule has 0 aliphatic heterocycles. The van der Waals surface area contributed by atoms with Crippen LogP contribution < -0.4 is 5.32 Å². The summed E-state index contributed by atoms with van der Waals surface area (Å²) < 4.78 is 0. The SMILES string of the molecule is Cc1cc(C)cc(C(=O)Nc2cc(-c3nc4ccccc4[nH]3)ccc2C)c1. The summed E-state index contributed by atoms with van der Waals surface area (Å²) in [6, 6.07) is 19.8. The topological polar surface area (TPSA) is 57.8 Å². The first-order valence-electron chi connectivity index (χ1n) is 8.95. The van der Waals surface area contributed by atoms with E-state index in [9.17, 15) is 4.79 Å². The van der Waals surface area contributed by atoms with Crippen LogP contribution in [-0.4, -0.2) is 15.9 Å². The number of carbonyl (C=O) groups is 1. The summed E-state index contributed by atoms with van der Waals surface area (Å²) >= 11 is 0. The molecule has 0 unspecified atom stereocenters. The highest BCUT2D eigenvalue weighted by molar-refractivity contribution is 6.05. The van der Waals surface area contributed by atoms with Crippen LogP contribution in [0.4, 0.5) is 5.69 Å². The number of aromatic nitrogens is 2. The monoisotopic (exact) mass is 355 g/mol. The number of para-hydroxylation sites is 2. The zero-order chi connectivity index (χ0) is 19.0. The summed E-state index contributed by atoms with van der Waals surface area (Å²) in [7, 11) is 0. The van der Waals surface area contributed by atoms with Gasteiger partial charge in [-0.3, -0.25) is 4.79 Å². The van der Waals surface area contributed by atoms with Crippen molar-refractivity contribution in [3.8, 4) is 11.4 Å². The lowest BCUT2D eigenvalue weighted by molar-refractivity contribution is 0.102. The van der Waals surface area contributed by atoms with Crippen LogP contribution in [-0.2, 0) is 0 Å². The summed E-state index contributed by atoms with van der Waals surface area (Å²) in [5.41, 5.74) is 7.47. The number of hydrogen-bond acceptors (Lipinski definition) is 2. The number of fused-ring (bicyclic) bond motifs is 1. The van der Waals surface area contributed by atoms with Gasteiger partial charge in [0.15, 0.2) is 0 Å². The first kappa shape index (κ1) is 17.0. The predicted molar refractivity (Wildman–Crippen MR) is 110 cm³/mol. The summed E-state index contributed by atoms with van der Waals surface area (Å²) in [5.74, 6) is 0.685. The molecule has 27 heavy (non-hydrogen) atoms. The minimum Gasteiger partial charge on any atom is -0.338 e. The molecule has 0 fully saturated rings. The lowest BCUT2D eigenvalue weighted by Gasteiger charge is -2.11. The van der Waals surface area contributed by atoms with Crippen molar-refractivity contribution in [1.82, 2.24) is 9.97 Å². The molecule has 0 radical (unpaired) electrons. The highest BCUT2D eigenvalue weighted by Crippen LogP contribution is 2.26. The Bertz CT molecular complexity index is 1100. The molecule has 0 aliphatic carbocycles. The number of anilines is 1.